The molecule has 3 aromatic heterocycles. The Morgan fingerprint density at radius 3 is 3.20 bits per heavy atom. The van der Waals surface area contributed by atoms with Crippen molar-refractivity contribution in [1.29, 1.82) is 0 Å². The highest BCUT2D eigenvalue weighted by molar-refractivity contribution is 7.19. The summed E-state index contributed by atoms with van der Waals surface area (Å²) in [7, 11) is 1.63. The lowest BCUT2D eigenvalue weighted by atomic mass is 10.1. The van der Waals surface area contributed by atoms with Crippen LogP contribution < -0.4 is 15.4 Å². The van der Waals surface area contributed by atoms with Gasteiger partial charge in [0.25, 0.3) is 0 Å². The molecule has 0 atom stereocenters. The second-order valence-corrected chi connectivity index (χ2v) is 7.09. The maximum Gasteiger partial charge on any atom is 0.237 e. The van der Waals surface area contributed by atoms with E-state index in [1.807, 2.05) is 12.3 Å². The molecule has 0 saturated carbocycles. The van der Waals surface area contributed by atoms with Crippen molar-refractivity contribution in [3.63, 3.8) is 0 Å². The topological polar surface area (TPSA) is 84.3 Å². The zero-order chi connectivity index (χ0) is 16.8. The van der Waals surface area contributed by atoms with Crippen LogP contribution in [0, 0.1) is 0 Å². The Labute approximate surface area is 148 Å². The number of aromatic nitrogens is 3. The van der Waals surface area contributed by atoms with Crippen molar-refractivity contribution in [2.24, 2.45) is 4.99 Å². The average molecular weight is 352 g/mol. The molecule has 0 bridgehead atoms. The van der Waals surface area contributed by atoms with E-state index >= 15 is 0 Å². The third-order valence-electron chi connectivity index (χ3n) is 4.53. The summed E-state index contributed by atoms with van der Waals surface area (Å²) in [4.78, 5) is 20.2. The molecule has 0 spiro atoms. The summed E-state index contributed by atoms with van der Waals surface area (Å²) in [5, 5.41) is 7.94. The first kappa shape index (κ1) is 14.7. The van der Waals surface area contributed by atoms with E-state index in [-0.39, 0.29) is 0 Å². The second kappa shape index (κ2) is 5.75. The van der Waals surface area contributed by atoms with Crippen LogP contribution in [0.5, 0.6) is 5.88 Å². The predicted molar refractivity (Wildman–Crippen MR) is 98.2 cm³/mol. The third-order valence-corrected chi connectivity index (χ3v) is 5.67. The summed E-state index contributed by atoms with van der Waals surface area (Å²) in [5.41, 5.74) is 4.10. The minimum absolute atomic E-state index is 0.557. The molecule has 3 aromatic rings. The van der Waals surface area contributed by atoms with E-state index < -0.39 is 0 Å². The van der Waals surface area contributed by atoms with Gasteiger partial charge in [-0.25, -0.2) is 15.0 Å². The van der Waals surface area contributed by atoms with Crippen LogP contribution in [0.25, 0.3) is 10.2 Å². The van der Waals surface area contributed by atoms with Crippen molar-refractivity contribution < 1.29 is 4.74 Å². The molecular weight excluding hydrogens is 336 g/mol. The Morgan fingerprint density at radius 1 is 1.32 bits per heavy atom. The van der Waals surface area contributed by atoms with Gasteiger partial charge in [0.15, 0.2) is 0 Å². The third kappa shape index (κ3) is 2.37. The van der Waals surface area contributed by atoms with Crippen molar-refractivity contribution in [3.05, 3.63) is 34.1 Å². The van der Waals surface area contributed by atoms with Gasteiger partial charge in [-0.05, 0) is 24.6 Å². The predicted octanol–water partition coefficient (Wildman–Crippen LogP) is 2.42. The minimum atomic E-state index is 0.557. The van der Waals surface area contributed by atoms with Gasteiger partial charge in [-0.2, -0.15) is 0 Å². The van der Waals surface area contributed by atoms with Gasteiger partial charge in [0.05, 0.1) is 24.7 Å². The van der Waals surface area contributed by atoms with E-state index in [0.29, 0.717) is 12.4 Å². The molecule has 0 amide bonds. The molecule has 2 N–H and O–H groups in total. The molecule has 2 aliphatic rings. The molecule has 0 radical (unpaired) electrons. The summed E-state index contributed by atoms with van der Waals surface area (Å²) >= 11 is 1.73. The maximum atomic E-state index is 5.47. The highest BCUT2D eigenvalue weighted by Gasteiger charge is 2.21. The lowest BCUT2D eigenvalue weighted by Crippen LogP contribution is -2.22. The molecule has 8 heteroatoms. The number of methoxy groups -OCH3 is 1. The number of hydrogen-bond acceptors (Lipinski definition) is 8. The summed E-state index contributed by atoms with van der Waals surface area (Å²) in [6, 6.07) is 2.02. The molecular formula is C17H16N6OS. The highest BCUT2D eigenvalue weighted by atomic mass is 32.1. The number of thiophene rings is 1. The fraction of sp³-hybridized carbons (Fsp3) is 0.294. The number of ether oxygens (including phenoxy) is 1. The zero-order valence-electron chi connectivity index (χ0n) is 13.7. The fourth-order valence-corrected chi connectivity index (χ4v) is 4.50. The van der Waals surface area contributed by atoms with E-state index in [0.717, 1.165) is 52.5 Å². The van der Waals surface area contributed by atoms with Crippen molar-refractivity contribution in [3.8, 4) is 5.88 Å². The van der Waals surface area contributed by atoms with Crippen molar-refractivity contribution >= 4 is 39.3 Å². The highest BCUT2D eigenvalue weighted by Crippen LogP contribution is 2.38. The molecule has 0 saturated heterocycles. The van der Waals surface area contributed by atoms with Gasteiger partial charge < -0.3 is 15.4 Å². The first-order chi connectivity index (χ1) is 12.3. The molecule has 0 fully saturated rings. The lowest BCUT2D eigenvalue weighted by molar-refractivity contribution is 0.398. The Kier molecular flexibility index (Phi) is 3.39. The minimum Gasteiger partial charge on any atom is -0.480 e. The first-order valence-electron chi connectivity index (χ1n) is 8.14. The van der Waals surface area contributed by atoms with E-state index in [4.69, 9.17) is 4.74 Å². The van der Waals surface area contributed by atoms with Crippen molar-refractivity contribution in [2.45, 2.75) is 19.5 Å². The molecule has 5 rings (SSSR count). The fourth-order valence-electron chi connectivity index (χ4n) is 3.34. The molecule has 2 aliphatic heterocycles. The Balaban J connectivity index is 1.63. The van der Waals surface area contributed by atoms with Gasteiger partial charge in [-0.3, -0.25) is 4.99 Å². The van der Waals surface area contributed by atoms with Gasteiger partial charge in [-0.15, -0.1) is 11.3 Å². The Morgan fingerprint density at radius 2 is 2.28 bits per heavy atom. The molecule has 0 aliphatic carbocycles. The van der Waals surface area contributed by atoms with Crippen molar-refractivity contribution in [1.82, 2.24) is 20.3 Å². The number of fused-ring (bicyclic) bond motifs is 4. The Hall–Kier alpha value is -2.58. The van der Waals surface area contributed by atoms with E-state index in [9.17, 15) is 0 Å². The molecule has 5 heterocycles. The molecule has 126 valence electrons. The van der Waals surface area contributed by atoms with Crippen LogP contribution >= 0.6 is 11.3 Å². The van der Waals surface area contributed by atoms with E-state index in [2.05, 4.69) is 30.6 Å². The van der Waals surface area contributed by atoms with Gasteiger partial charge >= 0.3 is 0 Å². The summed E-state index contributed by atoms with van der Waals surface area (Å²) < 4.78 is 5.47. The van der Waals surface area contributed by atoms with Crippen LogP contribution in [0.4, 0.5) is 11.5 Å². The summed E-state index contributed by atoms with van der Waals surface area (Å²) in [6.07, 6.45) is 4.44. The molecule has 25 heavy (non-hydrogen) atoms. The zero-order valence-corrected chi connectivity index (χ0v) is 14.5. The van der Waals surface area contributed by atoms with E-state index in [1.54, 1.807) is 24.8 Å². The summed E-state index contributed by atoms with van der Waals surface area (Å²) in [6.45, 7) is 2.48. The number of hydrogen-bond donors (Lipinski definition) is 2. The van der Waals surface area contributed by atoms with Gasteiger partial charge in [0.1, 0.15) is 22.7 Å². The number of rotatable bonds is 3. The van der Waals surface area contributed by atoms with Gasteiger partial charge in [-0.1, -0.05) is 0 Å². The van der Waals surface area contributed by atoms with Crippen LogP contribution in [0.2, 0.25) is 0 Å². The normalized spacial score (nSPS) is 15.2. The molecule has 0 aromatic carbocycles. The lowest BCUT2D eigenvalue weighted by Gasteiger charge is -2.15. The molecule has 0 unspecified atom stereocenters. The monoisotopic (exact) mass is 352 g/mol. The van der Waals surface area contributed by atoms with Crippen LogP contribution in [0.1, 0.15) is 21.7 Å². The summed E-state index contributed by atoms with van der Waals surface area (Å²) in [5.74, 6) is 1.36. The second-order valence-electron chi connectivity index (χ2n) is 6.01. The van der Waals surface area contributed by atoms with Crippen LogP contribution in [-0.4, -0.2) is 34.8 Å². The molecule has 7 nitrogen and oxygen atoms in total. The Bertz CT molecular complexity index is 1010. The largest absolute Gasteiger partial charge is 0.480 e. The standard InChI is InChI=1S/C17H16N6OS/c1-24-16-11(4-9-5-19-6-12(9)23-16)22-15-14-10-2-3-18-7-13(10)25-17(14)21-8-20-15/h4-5,8,18H,2-3,6-7H2,1H3,(H,20,21,22). The quantitative estimate of drug-likeness (QED) is 0.753. The van der Waals surface area contributed by atoms with Crippen molar-refractivity contribution in [2.75, 3.05) is 19.0 Å². The first-order valence-corrected chi connectivity index (χ1v) is 8.96. The van der Waals surface area contributed by atoms with Gasteiger partial charge in [0, 0.05) is 23.2 Å². The van der Waals surface area contributed by atoms with Crippen LogP contribution in [-0.2, 0) is 19.5 Å². The number of nitrogens with one attached hydrogen (secondary N) is 2. The average Bonchev–Trinajstić information content (AvgIpc) is 3.24. The van der Waals surface area contributed by atoms with Crippen LogP contribution in [0.3, 0.4) is 0 Å². The number of pyridine rings is 1. The van der Waals surface area contributed by atoms with E-state index in [1.165, 1.54) is 10.4 Å². The number of nitrogens with zero attached hydrogens (tertiary/aromatic N) is 4. The van der Waals surface area contributed by atoms with Gasteiger partial charge in [0.2, 0.25) is 5.88 Å². The maximum absolute atomic E-state index is 5.47. The van der Waals surface area contributed by atoms with Crippen LogP contribution in [0.15, 0.2) is 17.4 Å². The number of anilines is 2. The SMILES string of the molecule is COc1nc2c(cc1Nc1ncnc3sc4c(c13)CCNC4)C=NC2. The smallest absolute Gasteiger partial charge is 0.237 e. The number of aliphatic imine (C=N–C) groups is 1.